The summed E-state index contributed by atoms with van der Waals surface area (Å²) in [5, 5.41) is 23.8. The summed E-state index contributed by atoms with van der Waals surface area (Å²) in [6, 6.07) is 44.6. The summed E-state index contributed by atoms with van der Waals surface area (Å²) in [6.45, 7) is 20.4. The van der Waals surface area contributed by atoms with E-state index < -0.39 is 33.7 Å². The maximum Gasteiger partial charge on any atom is 0.175 e. The summed E-state index contributed by atoms with van der Waals surface area (Å²) in [4.78, 5) is 29.3. The van der Waals surface area contributed by atoms with Crippen molar-refractivity contribution in [2.24, 2.45) is 0 Å². The molecule has 0 saturated carbocycles. The third-order valence-electron chi connectivity index (χ3n) is 9.12. The van der Waals surface area contributed by atoms with Gasteiger partial charge in [0.25, 0.3) is 0 Å². The van der Waals surface area contributed by atoms with Gasteiger partial charge in [0.15, 0.2) is 29.4 Å². The van der Waals surface area contributed by atoms with Crippen molar-refractivity contribution in [2.75, 3.05) is 7.11 Å². The molecule has 1 unspecified atom stereocenters. The van der Waals surface area contributed by atoms with Crippen molar-refractivity contribution in [2.45, 2.75) is 115 Å². The van der Waals surface area contributed by atoms with E-state index in [2.05, 4.69) is 45.0 Å². The van der Waals surface area contributed by atoms with Gasteiger partial charge in [0.1, 0.15) is 28.5 Å². The Morgan fingerprint density at radius 3 is 1.23 bits per heavy atom. The molecule has 0 aromatic heterocycles. The molecule has 0 fully saturated rings. The fraction of sp³-hybridized carbons (Fsp3) is 0.269. The van der Waals surface area contributed by atoms with Crippen LogP contribution >= 0.6 is 0 Å². The second-order valence-electron chi connectivity index (χ2n) is 17.5. The van der Waals surface area contributed by atoms with E-state index >= 15 is 0 Å². The fourth-order valence-corrected chi connectivity index (χ4v) is 10.7. The van der Waals surface area contributed by atoms with Gasteiger partial charge in [-0.2, -0.15) is 0 Å². The molecule has 0 heterocycles. The van der Waals surface area contributed by atoms with E-state index in [-0.39, 0.29) is 27.7 Å². The molecule has 0 N–H and O–H groups in total. The molecule has 0 radical (unpaired) electrons. The predicted octanol–water partition coefficient (Wildman–Crippen LogP) is 10.3. The molecule has 0 aliphatic heterocycles. The summed E-state index contributed by atoms with van der Waals surface area (Å²) in [5.41, 5.74) is 2.03. The minimum Gasteiger partial charge on any atom is -0.545 e. The highest BCUT2D eigenvalue weighted by Gasteiger charge is 2.34. The van der Waals surface area contributed by atoms with E-state index in [0.717, 1.165) is 47.3 Å². The SMILES string of the molecule is CC(C)(C)Oc1ccc([S+](c2ccc(OC(C)(C)C)cc2)c2ccccc2C(=O)[O-])cc1.COc1ccc([S+](c2ccc(C(C)(C)C)cc2)c2ccc(C)cc2C(=O)[O-])cc1. The molecule has 318 valence electrons. The first kappa shape index (κ1) is 46.4. The van der Waals surface area contributed by atoms with Gasteiger partial charge in [0.2, 0.25) is 0 Å². The van der Waals surface area contributed by atoms with Crippen LogP contribution in [0.4, 0.5) is 0 Å². The topological polar surface area (TPSA) is 108 Å². The van der Waals surface area contributed by atoms with E-state index in [0.29, 0.717) is 4.90 Å². The molecular formula is C52H56O7S2. The highest BCUT2D eigenvalue weighted by Crippen LogP contribution is 2.37. The van der Waals surface area contributed by atoms with Crippen molar-refractivity contribution in [3.05, 3.63) is 162 Å². The molecule has 1 atom stereocenters. The van der Waals surface area contributed by atoms with Gasteiger partial charge < -0.3 is 34.0 Å². The summed E-state index contributed by atoms with van der Waals surface area (Å²) in [5.74, 6) is -0.0253. The minimum atomic E-state index is -1.18. The molecule has 0 spiro atoms. The Hall–Kier alpha value is -5.64. The molecule has 6 aromatic rings. The number of hydrogen-bond donors (Lipinski definition) is 0. The van der Waals surface area contributed by atoms with Gasteiger partial charge in [0, 0.05) is 0 Å². The van der Waals surface area contributed by atoms with Gasteiger partial charge in [0.05, 0.1) is 52.0 Å². The number of hydrogen-bond acceptors (Lipinski definition) is 7. The Labute approximate surface area is 367 Å². The van der Waals surface area contributed by atoms with Crippen LogP contribution in [-0.4, -0.2) is 30.3 Å². The number of carbonyl (C=O) groups excluding carboxylic acids is 2. The van der Waals surface area contributed by atoms with Crippen molar-refractivity contribution in [1.82, 2.24) is 0 Å². The Bertz CT molecular complexity index is 2340. The zero-order valence-electron chi connectivity index (χ0n) is 37.0. The van der Waals surface area contributed by atoms with Crippen molar-refractivity contribution in [3.8, 4) is 17.2 Å². The second kappa shape index (κ2) is 19.4. The van der Waals surface area contributed by atoms with E-state index in [4.69, 9.17) is 14.2 Å². The first-order valence-corrected chi connectivity index (χ1v) is 22.5. The van der Waals surface area contributed by atoms with Crippen LogP contribution in [0.2, 0.25) is 0 Å². The first-order chi connectivity index (χ1) is 28.6. The number of rotatable bonds is 11. The largest absolute Gasteiger partial charge is 0.545 e. The van der Waals surface area contributed by atoms with Gasteiger partial charge in [-0.15, -0.1) is 0 Å². The van der Waals surface area contributed by atoms with Crippen LogP contribution in [-0.2, 0) is 27.2 Å². The van der Waals surface area contributed by atoms with E-state index in [1.165, 1.54) is 5.56 Å². The number of carboxylic acids is 2. The Kier molecular flexibility index (Phi) is 14.8. The first-order valence-electron chi connectivity index (χ1n) is 20.1. The Morgan fingerprint density at radius 1 is 0.475 bits per heavy atom. The zero-order valence-corrected chi connectivity index (χ0v) is 38.6. The standard InChI is InChI=1S/C27H30O4S.C25H26O3S/c1-26(2,3)30-19-11-15-21(16-12-19)32(24-10-8-7-9-23(24)25(28)29)22-17-13-20(14-18-22)31-27(4,5)6;1-17-6-15-23(22(16-17)24(26)27)29(21-13-9-19(28-5)10-14-21)20-11-7-18(8-12-20)25(2,3)4/h7-18H,1-6H3;6-16H,1-5H3. The van der Waals surface area contributed by atoms with Gasteiger partial charge >= 0.3 is 0 Å². The highest BCUT2D eigenvalue weighted by atomic mass is 32.2. The van der Waals surface area contributed by atoms with Crippen LogP contribution in [0.5, 0.6) is 17.2 Å². The molecule has 61 heavy (non-hydrogen) atoms. The van der Waals surface area contributed by atoms with Crippen molar-refractivity contribution < 1.29 is 34.0 Å². The summed E-state index contributed by atoms with van der Waals surface area (Å²) in [6.07, 6.45) is 0. The third-order valence-corrected chi connectivity index (χ3v) is 13.7. The van der Waals surface area contributed by atoms with E-state index in [1.807, 2.05) is 146 Å². The molecule has 0 aliphatic rings. The summed E-state index contributed by atoms with van der Waals surface area (Å²) in [7, 11) is 0.415. The van der Waals surface area contributed by atoms with Crippen molar-refractivity contribution in [3.63, 3.8) is 0 Å². The van der Waals surface area contributed by atoms with Crippen LogP contribution in [0.1, 0.15) is 94.2 Å². The lowest BCUT2D eigenvalue weighted by atomic mass is 9.87. The molecule has 0 amide bonds. The van der Waals surface area contributed by atoms with Gasteiger partial charge in [-0.25, -0.2) is 0 Å². The maximum absolute atomic E-state index is 11.9. The lowest BCUT2D eigenvalue weighted by Gasteiger charge is -2.21. The van der Waals surface area contributed by atoms with Gasteiger partial charge in [-0.1, -0.05) is 56.7 Å². The number of ether oxygens (including phenoxy) is 3. The van der Waals surface area contributed by atoms with E-state index in [1.54, 1.807) is 25.3 Å². The molecule has 0 bridgehead atoms. The monoisotopic (exact) mass is 856 g/mol. The maximum atomic E-state index is 11.9. The number of aromatic carboxylic acids is 2. The molecule has 7 nitrogen and oxygen atoms in total. The second-order valence-corrected chi connectivity index (χ2v) is 21.5. The van der Waals surface area contributed by atoms with Crippen LogP contribution < -0.4 is 24.4 Å². The number of benzene rings is 6. The molecule has 6 rings (SSSR count). The van der Waals surface area contributed by atoms with Crippen LogP contribution in [0.3, 0.4) is 0 Å². The Morgan fingerprint density at radius 2 is 0.852 bits per heavy atom. The highest BCUT2D eigenvalue weighted by molar-refractivity contribution is 7.97. The Balaban J connectivity index is 0.000000232. The minimum absolute atomic E-state index is 0.0528. The quantitative estimate of drug-likeness (QED) is 0.119. The molecule has 9 heteroatoms. The number of carbonyl (C=O) groups is 2. The normalized spacial score (nSPS) is 12.2. The molecular weight excluding hydrogens is 801 g/mol. The average Bonchev–Trinajstić information content (AvgIpc) is 3.19. The van der Waals surface area contributed by atoms with Crippen LogP contribution in [0, 0.1) is 6.92 Å². The van der Waals surface area contributed by atoms with Crippen LogP contribution in [0.15, 0.2) is 169 Å². The number of methoxy groups -OCH3 is 1. The van der Waals surface area contributed by atoms with Crippen molar-refractivity contribution in [1.29, 1.82) is 0 Å². The lowest BCUT2D eigenvalue weighted by Crippen LogP contribution is -2.25. The smallest absolute Gasteiger partial charge is 0.175 e. The van der Waals surface area contributed by atoms with E-state index in [9.17, 15) is 19.8 Å². The number of carboxylic acid groups (broad SMARTS) is 2. The molecule has 0 aliphatic carbocycles. The predicted molar refractivity (Wildman–Crippen MR) is 242 cm³/mol. The summed E-state index contributed by atoms with van der Waals surface area (Å²) >= 11 is 0. The average molecular weight is 857 g/mol. The molecule has 6 aromatic carbocycles. The fourth-order valence-electron chi connectivity index (χ4n) is 6.37. The molecule has 0 saturated heterocycles. The van der Waals surface area contributed by atoms with Gasteiger partial charge in [-0.3, -0.25) is 0 Å². The zero-order chi connectivity index (χ0) is 44.7. The van der Waals surface area contributed by atoms with Gasteiger partial charge in [-0.05, 0) is 169 Å². The summed E-state index contributed by atoms with van der Waals surface area (Å²) < 4.78 is 17.2. The third kappa shape index (κ3) is 12.7. The van der Waals surface area contributed by atoms with Crippen molar-refractivity contribution >= 4 is 33.7 Å². The number of aryl methyl sites for hydroxylation is 1. The van der Waals surface area contributed by atoms with Crippen LogP contribution in [0.25, 0.3) is 0 Å². The lowest BCUT2D eigenvalue weighted by molar-refractivity contribution is -0.256.